The van der Waals surface area contributed by atoms with Gasteiger partial charge in [-0.3, -0.25) is 0 Å². The van der Waals surface area contributed by atoms with Crippen molar-refractivity contribution in [2.45, 2.75) is 12.5 Å². The number of hydrogen-bond donors (Lipinski definition) is 2. The van der Waals surface area contributed by atoms with Gasteiger partial charge in [-0.1, -0.05) is 18.2 Å². The molecule has 2 rings (SSSR count). The summed E-state index contributed by atoms with van der Waals surface area (Å²) in [7, 11) is 0. The van der Waals surface area contributed by atoms with Gasteiger partial charge in [0.2, 0.25) is 0 Å². The second kappa shape index (κ2) is 3.35. The molecular formula is C11H13NOS. The van der Waals surface area contributed by atoms with E-state index in [9.17, 15) is 5.11 Å². The van der Waals surface area contributed by atoms with Gasteiger partial charge in [-0.05, 0) is 24.4 Å². The zero-order valence-corrected chi connectivity index (χ0v) is 8.84. The highest BCUT2D eigenvalue weighted by molar-refractivity contribution is 7.19. The minimum atomic E-state index is -0.899. The highest BCUT2D eigenvalue weighted by Crippen LogP contribution is 2.32. The molecule has 0 amide bonds. The predicted molar refractivity (Wildman–Crippen MR) is 60.5 cm³/mol. The first-order valence-electron chi connectivity index (χ1n) is 4.55. The third-order valence-electron chi connectivity index (χ3n) is 2.35. The first-order valence-corrected chi connectivity index (χ1v) is 5.36. The monoisotopic (exact) mass is 207 g/mol. The van der Waals surface area contributed by atoms with Gasteiger partial charge in [0.25, 0.3) is 0 Å². The summed E-state index contributed by atoms with van der Waals surface area (Å²) in [6, 6.07) is 10.1. The second-order valence-corrected chi connectivity index (χ2v) is 4.71. The zero-order valence-electron chi connectivity index (χ0n) is 8.03. The molecule has 0 aliphatic heterocycles. The summed E-state index contributed by atoms with van der Waals surface area (Å²) < 4.78 is 1.19. The van der Waals surface area contributed by atoms with Gasteiger partial charge in [-0.15, -0.1) is 11.3 Å². The van der Waals surface area contributed by atoms with E-state index in [1.165, 1.54) is 10.1 Å². The third kappa shape index (κ3) is 1.54. The van der Waals surface area contributed by atoms with E-state index in [1.54, 1.807) is 18.3 Å². The number of fused-ring (bicyclic) bond motifs is 1. The minimum absolute atomic E-state index is 0.250. The van der Waals surface area contributed by atoms with Crippen molar-refractivity contribution in [3.05, 3.63) is 35.2 Å². The summed E-state index contributed by atoms with van der Waals surface area (Å²) in [5.74, 6) is 0. The largest absolute Gasteiger partial charge is 0.383 e. The topological polar surface area (TPSA) is 46.2 Å². The molecule has 3 N–H and O–H groups in total. The molecule has 2 aromatic rings. The summed E-state index contributed by atoms with van der Waals surface area (Å²) in [5, 5.41) is 11.1. The molecule has 0 spiro atoms. The molecule has 0 saturated heterocycles. The number of rotatable bonds is 2. The Balaban J connectivity index is 2.55. The summed E-state index contributed by atoms with van der Waals surface area (Å²) in [5.41, 5.74) is 4.62. The van der Waals surface area contributed by atoms with Crippen LogP contribution in [0.25, 0.3) is 10.1 Å². The van der Waals surface area contributed by atoms with Crippen LogP contribution in [-0.2, 0) is 5.60 Å². The SMILES string of the molecule is C[C@](O)(CN)c1cc2ccccc2s1. The Morgan fingerprint density at radius 3 is 2.79 bits per heavy atom. The van der Waals surface area contributed by atoms with Gasteiger partial charge in [0.15, 0.2) is 0 Å². The number of aliphatic hydroxyl groups is 1. The Kier molecular flexibility index (Phi) is 2.31. The molecule has 0 radical (unpaired) electrons. The molecule has 14 heavy (non-hydrogen) atoms. The van der Waals surface area contributed by atoms with Crippen LogP contribution in [0.4, 0.5) is 0 Å². The molecule has 3 heteroatoms. The lowest BCUT2D eigenvalue weighted by Crippen LogP contribution is -2.30. The van der Waals surface area contributed by atoms with Crippen LogP contribution in [0, 0.1) is 0 Å². The average molecular weight is 207 g/mol. The lowest BCUT2D eigenvalue weighted by Gasteiger charge is -2.18. The molecule has 1 aromatic heterocycles. The Bertz CT molecular complexity index is 414. The Morgan fingerprint density at radius 1 is 1.43 bits per heavy atom. The average Bonchev–Trinajstić information content (AvgIpc) is 2.61. The normalized spacial score (nSPS) is 15.6. The highest BCUT2D eigenvalue weighted by Gasteiger charge is 2.23. The molecule has 0 aliphatic rings. The zero-order chi connectivity index (χ0) is 10.2. The Labute approximate surface area is 87.0 Å². The van der Waals surface area contributed by atoms with E-state index < -0.39 is 5.60 Å². The van der Waals surface area contributed by atoms with Gasteiger partial charge in [0, 0.05) is 16.1 Å². The van der Waals surface area contributed by atoms with Crippen molar-refractivity contribution >= 4 is 21.4 Å². The number of benzene rings is 1. The summed E-state index contributed by atoms with van der Waals surface area (Å²) in [4.78, 5) is 0.932. The fourth-order valence-electron chi connectivity index (χ4n) is 1.35. The minimum Gasteiger partial charge on any atom is -0.383 e. The van der Waals surface area contributed by atoms with E-state index in [0.29, 0.717) is 0 Å². The molecule has 74 valence electrons. The van der Waals surface area contributed by atoms with E-state index in [-0.39, 0.29) is 6.54 Å². The van der Waals surface area contributed by atoms with Crippen molar-refractivity contribution in [3.63, 3.8) is 0 Å². The maximum Gasteiger partial charge on any atom is 0.108 e. The first kappa shape index (κ1) is 9.65. The molecule has 0 saturated carbocycles. The summed E-state index contributed by atoms with van der Waals surface area (Å²) in [6.07, 6.45) is 0. The molecule has 0 aliphatic carbocycles. The smallest absolute Gasteiger partial charge is 0.108 e. The van der Waals surface area contributed by atoms with E-state index >= 15 is 0 Å². The van der Waals surface area contributed by atoms with Crippen LogP contribution in [0.3, 0.4) is 0 Å². The Morgan fingerprint density at radius 2 is 2.14 bits per heavy atom. The van der Waals surface area contributed by atoms with Crippen molar-refractivity contribution in [2.24, 2.45) is 5.73 Å². The fraction of sp³-hybridized carbons (Fsp3) is 0.273. The van der Waals surface area contributed by atoms with Crippen LogP contribution in [0.15, 0.2) is 30.3 Å². The summed E-state index contributed by atoms with van der Waals surface area (Å²) in [6.45, 7) is 2.00. The highest BCUT2D eigenvalue weighted by atomic mass is 32.1. The maximum atomic E-state index is 9.98. The molecule has 1 heterocycles. The van der Waals surface area contributed by atoms with Gasteiger partial charge in [-0.25, -0.2) is 0 Å². The second-order valence-electron chi connectivity index (χ2n) is 3.63. The molecule has 0 unspecified atom stereocenters. The van der Waals surface area contributed by atoms with Gasteiger partial charge in [0.05, 0.1) is 0 Å². The molecule has 1 atom stereocenters. The van der Waals surface area contributed by atoms with E-state index in [4.69, 9.17) is 5.73 Å². The quantitative estimate of drug-likeness (QED) is 0.792. The van der Waals surface area contributed by atoms with E-state index in [2.05, 4.69) is 6.07 Å². The predicted octanol–water partition coefficient (Wildman–Crippen LogP) is 2.07. The Hall–Kier alpha value is -0.900. The number of nitrogens with two attached hydrogens (primary N) is 1. The van der Waals surface area contributed by atoms with Crippen molar-refractivity contribution < 1.29 is 5.11 Å². The lowest BCUT2D eigenvalue weighted by molar-refractivity contribution is 0.0708. The fourth-order valence-corrected chi connectivity index (χ4v) is 2.47. The summed E-state index contributed by atoms with van der Waals surface area (Å²) >= 11 is 1.60. The van der Waals surface area contributed by atoms with Crippen LogP contribution >= 0.6 is 11.3 Å². The van der Waals surface area contributed by atoms with Crippen molar-refractivity contribution in [1.82, 2.24) is 0 Å². The van der Waals surface area contributed by atoms with Crippen LogP contribution in [0.2, 0.25) is 0 Å². The molecule has 0 fully saturated rings. The van der Waals surface area contributed by atoms with Crippen molar-refractivity contribution in [1.29, 1.82) is 0 Å². The van der Waals surface area contributed by atoms with Gasteiger partial charge >= 0.3 is 0 Å². The van der Waals surface area contributed by atoms with Gasteiger partial charge < -0.3 is 10.8 Å². The van der Waals surface area contributed by atoms with Gasteiger partial charge in [0.1, 0.15) is 5.60 Å². The van der Waals surface area contributed by atoms with Crippen LogP contribution in [0.1, 0.15) is 11.8 Å². The lowest BCUT2D eigenvalue weighted by atomic mass is 10.1. The maximum absolute atomic E-state index is 9.98. The van der Waals surface area contributed by atoms with E-state index in [0.717, 1.165) is 4.88 Å². The number of thiophene rings is 1. The van der Waals surface area contributed by atoms with E-state index in [1.807, 2.05) is 24.3 Å². The first-order chi connectivity index (χ1) is 6.63. The molecule has 2 nitrogen and oxygen atoms in total. The van der Waals surface area contributed by atoms with Gasteiger partial charge in [-0.2, -0.15) is 0 Å². The van der Waals surface area contributed by atoms with Crippen LogP contribution < -0.4 is 5.73 Å². The van der Waals surface area contributed by atoms with Crippen LogP contribution in [0.5, 0.6) is 0 Å². The number of hydrogen-bond acceptors (Lipinski definition) is 3. The third-order valence-corrected chi connectivity index (χ3v) is 3.72. The molecular weight excluding hydrogens is 194 g/mol. The van der Waals surface area contributed by atoms with Crippen molar-refractivity contribution in [2.75, 3.05) is 6.54 Å². The standard InChI is InChI=1S/C11H13NOS/c1-11(13,7-12)10-6-8-4-2-3-5-9(8)14-10/h2-6,13H,7,12H2,1H3/t11-/m0/s1. The molecule has 0 bridgehead atoms. The van der Waals surface area contributed by atoms with Crippen molar-refractivity contribution in [3.8, 4) is 0 Å². The molecule has 1 aromatic carbocycles. The van der Waals surface area contributed by atoms with Crippen LogP contribution in [-0.4, -0.2) is 11.7 Å².